The number of ether oxygens (including phenoxy) is 1. The van der Waals surface area contributed by atoms with E-state index >= 15 is 0 Å². The zero-order chi connectivity index (χ0) is 14.1. The van der Waals surface area contributed by atoms with Crippen molar-refractivity contribution in [3.63, 3.8) is 0 Å². The summed E-state index contributed by atoms with van der Waals surface area (Å²) in [5, 5.41) is 10.1. The number of rotatable bonds is 2. The second-order valence-corrected chi connectivity index (χ2v) is 5.50. The number of nitrogen functional groups attached to an aromatic ring is 1. The first-order chi connectivity index (χ1) is 9.63. The van der Waals surface area contributed by atoms with Gasteiger partial charge in [-0.2, -0.15) is 15.0 Å². The van der Waals surface area contributed by atoms with Crippen molar-refractivity contribution in [1.29, 1.82) is 0 Å². The summed E-state index contributed by atoms with van der Waals surface area (Å²) < 4.78 is 5.38. The SMILES string of the molecule is C[C@H]1COCCN1c1nc(O)nc(-c2cnc(N)s2)n1. The number of morpholine rings is 1. The van der Waals surface area contributed by atoms with Crippen LogP contribution >= 0.6 is 11.3 Å². The maximum atomic E-state index is 9.71. The molecule has 20 heavy (non-hydrogen) atoms. The van der Waals surface area contributed by atoms with Crippen molar-refractivity contribution < 1.29 is 9.84 Å². The minimum Gasteiger partial charge on any atom is -0.479 e. The summed E-state index contributed by atoms with van der Waals surface area (Å²) in [7, 11) is 0. The second kappa shape index (κ2) is 5.17. The number of thiazole rings is 1. The molecule has 0 radical (unpaired) electrons. The Kier molecular flexibility index (Phi) is 3.36. The molecule has 106 valence electrons. The van der Waals surface area contributed by atoms with Crippen LogP contribution in [0.3, 0.4) is 0 Å². The number of anilines is 2. The van der Waals surface area contributed by atoms with Gasteiger partial charge in [0.15, 0.2) is 11.0 Å². The fourth-order valence-electron chi connectivity index (χ4n) is 2.01. The summed E-state index contributed by atoms with van der Waals surface area (Å²) in [6, 6.07) is -0.166. The van der Waals surface area contributed by atoms with E-state index in [1.54, 1.807) is 6.20 Å². The summed E-state index contributed by atoms with van der Waals surface area (Å²) in [6.07, 6.45) is 1.58. The number of aromatic hydroxyl groups is 1. The van der Waals surface area contributed by atoms with Gasteiger partial charge in [0.25, 0.3) is 0 Å². The Labute approximate surface area is 119 Å². The Bertz CT molecular complexity index is 619. The average molecular weight is 294 g/mol. The van der Waals surface area contributed by atoms with Gasteiger partial charge in [0, 0.05) is 6.54 Å². The first-order valence-electron chi connectivity index (χ1n) is 6.14. The summed E-state index contributed by atoms with van der Waals surface area (Å²) >= 11 is 1.27. The predicted molar refractivity (Wildman–Crippen MR) is 74.6 cm³/mol. The van der Waals surface area contributed by atoms with Crippen LogP contribution in [0, 0.1) is 0 Å². The molecule has 9 heteroatoms. The molecule has 2 aromatic heterocycles. The van der Waals surface area contributed by atoms with Crippen molar-refractivity contribution in [1.82, 2.24) is 19.9 Å². The molecule has 1 aliphatic rings. The Balaban J connectivity index is 1.98. The van der Waals surface area contributed by atoms with E-state index in [-0.39, 0.29) is 12.1 Å². The first kappa shape index (κ1) is 13.0. The van der Waals surface area contributed by atoms with Gasteiger partial charge in [-0.25, -0.2) is 4.98 Å². The quantitative estimate of drug-likeness (QED) is 0.824. The van der Waals surface area contributed by atoms with Crippen molar-refractivity contribution in [2.45, 2.75) is 13.0 Å². The number of nitrogens with two attached hydrogens (primary N) is 1. The maximum absolute atomic E-state index is 9.71. The normalized spacial score (nSPS) is 19.2. The highest BCUT2D eigenvalue weighted by atomic mass is 32.1. The van der Waals surface area contributed by atoms with E-state index in [1.807, 2.05) is 11.8 Å². The zero-order valence-corrected chi connectivity index (χ0v) is 11.7. The molecule has 0 bridgehead atoms. The molecule has 0 spiro atoms. The van der Waals surface area contributed by atoms with Gasteiger partial charge in [-0.1, -0.05) is 11.3 Å². The zero-order valence-electron chi connectivity index (χ0n) is 10.9. The number of nitrogens with zero attached hydrogens (tertiary/aromatic N) is 5. The maximum Gasteiger partial charge on any atom is 0.319 e. The molecular formula is C11H14N6O2S. The molecule has 3 heterocycles. The first-order valence-corrected chi connectivity index (χ1v) is 6.96. The lowest BCUT2D eigenvalue weighted by Gasteiger charge is -2.33. The predicted octanol–water partition coefficient (Wildman–Crippen LogP) is 0.508. The van der Waals surface area contributed by atoms with Crippen molar-refractivity contribution in [2.75, 3.05) is 30.4 Å². The highest BCUT2D eigenvalue weighted by Crippen LogP contribution is 2.27. The van der Waals surface area contributed by atoms with E-state index in [2.05, 4.69) is 19.9 Å². The van der Waals surface area contributed by atoms with Crippen LogP contribution in [-0.2, 0) is 4.74 Å². The Morgan fingerprint density at radius 3 is 3.00 bits per heavy atom. The van der Waals surface area contributed by atoms with Crippen LogP contribution in [-0.4, -0.2) is 50.8 Å². The topological polar surface area (TPSA) is 110 Å². The van der Waals surface area contributed by atoms with Gasteiger partial charge in [-0.3, -0.25) is 0 Å². The minimum absolute atomic E-state index is 0.143. The molecule has 1 saturated heterocycles. The van der Waals surface area contributed by atoms with E-state index in [0.717, 1.165) is 0 Å². The molecular weight excluding hydrogens is 280 g/mol. The van der Waals surface area contributed by atoms with E-state index in [0.29, 0.717) is 41.5 Å². The smallest absolute Gasteiger partial charge is 0.319 e. The summed E-state index contributed by atoms with van der Waals surface area (Å²) in [5.41, 5.74) is 5.60. The number of aromatic nitrogens is 4. The summed E-state index contributed by atoms with van der Waals surface area (Å²) in [6.45, 7) is 3.91. The number of hydrogen-bond acceptors (Lipinski definition) is 9. The van der Waals surface area contributed by atoms with Gasteiger partial charge in [-0.15, -0.1) is 0 Å². The Morgan fingerprint density at radius 1 is 1.45 bits per heavy atom. The molecule has 0 unspecified atom stereocenters. The van der Waals surface area contributed by atoms with Crippen LogP contribution in [0.15, 0.2) is 6.20 Å². The van der Waals surface area contributed by atoms with Crippen molar-refractivity contribution in [3.05, 3.63) is 6.20 Å². The van der Waals surface area contributed by atoms with Gasteiger partial charge in [0.1, 0.15) is 0 Å². The fourth-order valence-corrected chi connectivity index (χ4v) is 2.63. The average Bonchev–Trinajstić information content (AvgIpc) is 2.85. The van der Waals surface area contributed by atoms with E-state index in [9.17, 15) is 5.11 Å². The molecule has 1 atom stereocenters. The van der Waals surface area contributed by atoms with Gasteiger partial charge in [0.05, 0.1) is 30.3 Å². The fraction of sp³-hybridized carbons (Fsp3) is 0.455. The van der Waals surface area contributed by atoms with Crippen LogP contribution in [0.2, 0.25) is 0 Å². The van der Waals surface area contributed by atoms with Gasteiger partial charge in [-0.05, 0) is 6.92 Å². The minimum atomic E-state index is -0.310. The lowest BCUT2D eigenvalue weighted by atomic mass is 10.3. The van der Waals surface area contributed by atoms with E-state index in [1.165, 1.54) is 11.3 Å². The Hall–Kier alpha value is -2.00. The summed E-state index contributed by atoms with van der Waals surface area (Å²) in [5.74, 6) is 0.815. The third-order valence-corrected chi connectivity index (χ3v) is 3.80. The van der Waals surface area contributed by atoms with Gasteiger partial charge < -0.3 is 20.5 Å². The van der Waals surface area contributed by atoms with Crippen LogP contribution in [0.4, 0.5) is 11.1 Å². The lowest BCUT2D eigenvalue weighted by molar-refractivity contribution is 0.0980. The second-order valence-electron chi connectivity index (χ2n) is 4.44. The van der Waals surface area contributed by atoms with Gasteiger partial charge >= 0.3 is 6.01 Å². The molecule has 0 aromatic carbocycles. The highest BCUT2D eigenvalue weighted by molar-refractivity contribution is 7.18. The monoisotopic (exact) mass is 294 g/mol. The molecule has 8 nitrogen and oxygen atoms in total. The van der Waals surface area contributed by atoms with Crippen LogP contribution in [0.5, 0.6) is 6.01 Å². The molecule has 3 rings (SSSR count). The number of hydrogen-bond donors (Lipinski definition) is 2. The van der Waals surface area contributed by atoms with Crippen molar-refractivity contribution in [2.24, 2.45) is 0 Å². The van der Waals surface area contributed by atoms with Crippen LogP contribution in [0.25, 0.3) is 10.7 Å². The molecule has 1 aliphatic heterocycles. The van der Waals surface area contributed by atoms with Gasteiger partial charge in [0.2, 0.25) is 5.95 Å². The molecule has 0 amide bonds. The van der Waals surface area contributed by atoms with Crippen molar-refractivity contribution >= 4 is 22.4 Å². The highest BCUT2D eigenvalue weighted by Gasteiger charge is 2.23. The third-order valence-electron chi connectivity index (χ3n) is 2.98. The molecule has 2 aromatic rings. The molecule has 3 N–H and O–H groups in total. The van der Waals surface area contributed by atoms with Crippen molar-refractivity contribution in [3.8, 4) is 16.7 Å². The van der Waals surface area contributed by atoms with Crippen LogP contribution < -0.4 is 10.6 Å². The molecule has 0 saturated carbocycles. The van der Waals surface area contributed by atoms with Crippen LogP contribution in [0.1, 0.15) is 6.92 Å². The Morgan fingerprint density at radius 2 is 2.30 bits per heavy atom. The van der Waals surface area contributed by atoms with E-state index in [4.69, 9.17) is 10.5 Å². The van der Waals surface area contributed by atoms with E-state index < -0.39 is 0 Å². The molecule has 1 fully saturated rings. The largest absolute Gasteiger partial charge is 0.479 e. The summed E-state index contributed by atoms with van der Waals surface area (Å²) in [4.78, 5) is 19.0. The standard InChI is InChI=1S/C11H14N6O2S/c1-6-5-19-3-2-17(6)10-14-8(15-11(18)16-10)7-4-13-9(12)20-7/h4,6H,2-3,5H2,1H3,(H2,12,13)(H,14,15,16,18)/t6-/m0/s1. The third kappa shape index (κ3) is 2.49. The molecule has 0 aliphatic carbocycles. The lowest BCUT2D eigenvalue weighted by Crippen LogP contribution is -2.44.